The van der Waals surface area contributed by atoms with Crippen LogP contribution in [-0.4, -0.2) is 11.8 Å². The minimum atomic E-state index is 0.720. The first kappa shape index (κ1) is 7.33. The average molecular weight is 151 g/mol. The normalized spacial score (nSPS) is 37.7. The first-order valence-electron chi connectivity index (χ1n) is 4.89. The van der Waals surface area contributed by atoms with E-state index in [0.717, 1.165) is 12.0 Å². The number of fused-ring (bicyclic) bond motifs is 1. The molecule has 2 rings (SSSR count). The molecule has 1 saturated carbocycles. The SMILES string of the molecule is CC1=NC2CCCCC2CC1. The maximum Gasteiger partial charge on any atom is 0.0527 e. The Morgan fingerprint density at radius 1 is 1.18 bits per heavy atom. The molecule has 0 spiro atoms. The monoisotopic (exact) mass is 151 g/mol. The third-order valence-electron chi connectivity index (χ3n) is 3.13. The number of aliphatic imine (C=N–C) groups is 1. The van der Waals surface area contributed by atoms with Gasteiger partial charge in [0.05, 0.1) is 6.04 Å². The summed E-state index contributed by atoms with van der Waals surface area (Å²) in [6.45, 7) is 2.19. The highest BCUT2D eigenvalue weighted by molar-refractivity contribution is 5.82. The van der Waals surface area contributed by atoms with Crippen LogP contribution in [0.5, 0.6) is 0 Å². The zero-order valence-electron chi connectivity index (χ0n) is 7.34. The van der Waals surface area contributed by atoms with Crippen molar-refractivity contribution in [2.45, 2.75) is 51.5 Å². The van der Waals surface area contributed by atoms with E-state index in [4.69, 9.17) is 4.99 Å². The summed E-state index contributed by atoms with van der Waals surface area (Å²) >= 11 is 0. The summed E-state index contributed by atoms with van der Waals surface area (Å²) in [5, 5.41) is 0. The number of rotatable bonds is 0. The second-order valence-electron chi connectivity index (χ2n) is 4.01. The topological polar surface area (TPSA) is 12.4 Å². The number of hydrogen-bond acceptors (Lipinski definition) is 1. The molecule has 0 radical (unpaired) electrons. The molecular formula is C10H17N. The summed E-state index contributed by atoms with van der Waals surface area (Å²) < 4.78 is 0. The van der Waals surface area contributed by atoms with Gasteiger partial charge in [0.1, 0.15) is 0 Å². The number of hydrogen-bond donors (Lipinski definition) is 0. The van der Waals surface area contributed by atoms with Gasteiger partial charge in [0, 0.05) is 5.71 Å². The largest absolute Gasteiger partial charge is 0.291 e. The molecule has 0 amide bonds. The molecule has 0 aromatic carbocycles. The fourth-order valence-corrected chi connectivity index (χ4v) is 2.44. The first-order chi connectivity index (χ1) is 5.36. The average Bonchev–Trinajstić information content (AvgIpc) is 2.04. The van der Waals surface area contributed by atoms with Crippen molar-refractivity contribution >= 4 is 5.71 Å². The molecule has 0 aromatic rings. The fourth-order valence-electron chi connectivity index (χ4n) is 2.44. The Labute approximate surface area is 68.9 Å². The first-order valence-corrected chi connectivity index (χ1v) is 4.89. The van der Waals surface area contributed by atoms with E-state index in [1.54, 1.807) is 0 Å². The molecule has 11 heavy (non-hydrogen) atoms. The van der Waals surface area contributed by atoms with Crippen molar-refractivity contribution in [3.63, 3.8) is 0 Å². The second kappa shape index (κ2) is 2.96. The van der Waals surface area contributed by atoms with Crippen LogP contribution >= 0.6 is 0 Å². The molecule has 2 aliphatic rings. The van der Waals surface area contributed by atoms with E-state index < -0.39 is 0 Å². The van der Waals surface area contributed by atoms with Gasteiger partial charge in [0.15, 0.2) is 0 Å². The second-order valence-corrected chi connectivity index (χ2v) is 4.01. The van der Waals surface area contributed by atoms with Crippen molar-refractivity contribution in [1.29, 1.82) is 0 Å². The molecular weight excluding hydrogens is 134 g/mol. The van der Waals surface area contributed by atoms with Crippen LogP contribution in [-0.2, 0) is 0 Å². The van der Waals surface area contributed by atoms with E-state index in [0.29, 0.717) is 0 Å². The molecule has 2 atom stereocenters. The van der Waals surface area contributed by atoms with Gasteiger partial charge in [0.2, 0.25) is 0 Å². The Kier molecular flexibility index (Phi) is 1.97. The fraction of sp³-hybridized carbons (Fsp3) is 0.900. The van der Waals surface area contributed by atoms with Crippen LogP contribution in [0.3, 0.4) is 0 Å². The quantitative estimate of drug-likeness (QED) is 0.505. The molecule has 0 saturated heterocycles. The Morgan fingerprint density at radius 3 is 2.91 bits per heavy atom. The van der Waals surface area contributed by atoms with Gasteiger partial charge in [-0.3, -0.25) is 4.99 Å². The molecule has 0 N–H and O–H groups in total. The van der Waals surface area contributed by atoms with E-state index in [-0.39, 0.29) is 0 Å². The third-order valence-corrected chi connectivity index (χ3v) is 3.13. The minimum absolute atomic E-state index is 0.720. The zero-order chi connectivity index (χ0) is 7.68. The Balaban J connectivity index is 2.07. The summed E-state index contributed by atoms with van der Waals surface area (Å²) in [4.78, 5) is 4.72. The summed E-state index contributed by atoms with van der Waals surface area (Å²) in [7, 11) is 0. The van der Waals surface area contributed by atoms with Crippen LogP contribution in [0.25, 0.3) is 0 Å². The van der Waals surface area contributed by atoms with Gasteiger partial charge in [-0.1, -0.05) is 12.8 Å². The van der Waals surface area contributed by atoms with Gasteiger partial charge < -0.3 is 0 Å². The highest BCUT2D eigenvalue weighted by atomic mass is 14.8. The molecule has 62 valence electrons. The predicted molar refractivity (Wildman–Crippen MR) is 48.1 cm³/mol. The highest BCUT2D eigenvalue weighted by Gasteiger charge is 2.26. The lowest BCUT2D eigenvalue weighted by molar-refractivity contribution is 0.286. The zero-order valence-corrected chi connectivity index (χ0v) is 7.34. The van der Waals surface area contributed by atoms with Gasteiger partial charge >= 0.3 is 0 Å². The molecule has 2 unspecified atom stereocenters. The van der Waals surface area contributed by atoms with Crippen LogP contribution in [0.1, 0.15) is 45.4 Å². The molecule has 1 aliphatic heterocycles. The van der Waals surface area contributed by atoms with E-state index >= 15 is 0 Å². The number of nitrogens with zero attached hydrogens (tertiary/aromatic N) is 1. The van der Waals surface area contributed by atoms with Gasteiger partial charge in [-0.15, -0.1) is 0 Å². The van der Waals surface area contributed by atoms with E-state index in [1.165, 1.54) is 44.2 Å². The maximum atomic E-state index is 4.72. The van der Waals surface area contributed by atoms with Crippen molar-refractivity contribution in [1.82, 2.24) is 0 Å². The summed E-state index contributed by atoms with van der Waals surface area (Å²) in [6.07, 6.45) is 8.36. The Hall–Kier alpha value is -0.330. The van der Waals surface area contributed by atoms with Gasteiger partial charge in [-0.25, -0.2) is 0 Å². The molecule has 1 heterocycles. The minimum Gasteiger partial charge on any atom is -0.291 e. The smallest absolute Gasteiger partial charge is 0.0527 e. The van der Waals surface area contributed by atoms with Crippen LogP contribution in [0.15, 0.2) is 4.99 Å². The van der Waals surface area contributed by atoms with E-state index in [2.05, 4.69) is 6.92 Å². The maximum absolute atomic E-state index is 4.72. The molecule has 1 fully saturated rings. The molecule has 1 aliphatic carbocycles. The predicted octanol–water partition coefficient (Wildman–Crippen LogP) is 2.80. The van der Waals surface area contributed by atoms with Crippen LogP contribution in [0, 0.1) is 5.92 Å². The van der Waals surface area contributed by atoms with Gasteiger partial charge in [0.25, 0.3) is 0 Å². The lowest BCUT2D eigenvalue weighted by Crippen LogP contribution is -2.28. The van der Waals surface area contributed by atoms with Crippen molar-refractivity contribution in [3.05, 3.63) is 0 Å². The van der Waals surface area contributed by atoms with Crippen LogP contribution in [0.2, 0.25) is 0 Å². The van der Waals surface area contributed by atoms with Crippen LogP contribution in [0.4, 0.5) is 0 Å². The molecule has 1 nitrogen and oxygen atoms in total. The standard InChI is InChI=1S/C10H17N/c1-8-6-7-9-4-2-3-5-10(9)11-8/h9-10H,2-7H2,1H3. The molecule has 1 heteroatoms. The lowest BCUT2D eigenvalue weighted by Gasteiger charge is -2.32. The van der Waals surface area contributed by atoms with Crippen molar-refractivity contribution in [3.8, 4) is 0 Å². The van der Waals surface area contributed by atoms with E-state index in [1.807, 2.05) is 0 Å². The molecule has 0 bridgehead atoms. The molecule has 0 aromatic heterocycles. The van der Waals surface area contributed by atoms with Crippen LogP contribution < -0.4 is 0 Å². The van der Waals surface area contributed by atoms with Crippen molar-refractivity contribution in [2.24, 2.45) is 10.9 Å². The van der Waals surface area contributed by atoms with Crippen molar-refractivity contribution < 1.29 is 0 Å². The van der Waals surface area contributed by atoms with Gasteiger partial charge in [-0.05, 0) is 38.5 Å². The highest BCUT2D eigenvalue weighted by Crippen LogP contribution is 2.33. The summed E-state index contributed by atoms with van der Waals surface area (Å²) in [6, 6.07) is 0.720. The van der Waals surface area contributed by atoms with E-state index in [9.17, 15) is 0 Å². The summed E-state index contributed by atoms with van der Waals surface area (Å²) in [5.41, 5.74) is 1.40. The van der Waals surface area contributed by atoms with Crippen molar-refractivity contribution in [2.75, 3.05) is 0 Å². The van der Waals surface area contributed by atoms with Gasteiger partial charge in [-0.2, -0.15) is 0 Å². The summed E-state index contributed by atoms with van der Waals surface area (Å²) in [5.74, 6) is 0.951. The third kappa shape index (κ3) is 1.47. The Bertz CT molecular complexity index is 172. The Morgan fingerprint density at radius 2 is 2.00 bits per heavy atom. The lowest BCUT2D eigenvalue weighted by atomic mass is 9.80.